The van der Waals surface area contributed by atoms with Crippen LogP contribution in [0.25, 0.3) is 0 Å². The lowest BCUT2D eigenvalue weighted by Crippen LogP contribution is -2.30. The molecule has 3 nitrogen and oxygen atoms in total. The third kappa shape index (κ3) is 4.13. The predicted octanol–water partition coefficient (Wildman–Crippen LogP) is 3.47. The molecule has 1 saturated heterocycles. The first-order valence-electron chi connectivity index (χ1n) is 7.52. The lowest BCUT2D eigenvalue weighted by molar-refractivity contribution is -0.0601. The van der Waals surface area contributed by atoms with E-state index in [1.165, 1.54) is 12.1 Å². The number of rotatable bonds is 6. The van der Waals surface area contributed by atoms with Crippen molar-refractivity contribution in [2.75, 3.05) is 13.2 Å². The molecule has 0 N–H and O–H groups in total. The van der Waals surface area contributed by atoms with Crippen LogP contribution < -0.4 is 0 Å². The summed E-state index contributed by atoms with van der Waals surface area (Å²) in [5.74, 6) is -0.592. The van der Waals surface area contributed by atoms with Gasteiger partial charge >= 0.3 is 0 Å². The van der Waals surface area contributed by atoms with Gasteiger partial charge in [-0.15, -0.1) is 0 Å². The van der Waals surface area contributed by atoms with Crippen LogP contribution in [0, 0.1) is 11.6 Å². The van der Waals surface area contributed by atoms with Crippen molar-refractivity contribution >= 4 is 0 Å². The Morgan fingerprint density at radius 1 is 0.783 bits per heavy atom. The van der Waals surface area contributed by atoms with Crippen molar-refractivity contribution < 1.29 is 23.0 Å². The minimum absolute atomic E-state index is 0.153. The molecular formula is C18H18F2O3. The van der Waals surface area contributed by atoms with E-state index in [0.717, 1.165) is 0 Å². The zero-order valence-corrected chi connectivity index (χ0v) is 12.6. The first kappa shape index (κ1) is 16.1. The van der Waals surface area contributed by atoms with Gasteiger partial charge < -0.3 is 14.2 Å². The maximum atomic E-state index is 13.6. The Kier molecular flexibility index (Phi) is 5.33. The molecule has 2 atom stereocenters. The highest BCUT2D eigenvalue weighted by atomic mass is 19.1. The summed E-state index contributed by atoms with van der Waals surface area (Å²) in [6, 6.07) is 13.0. The molecule has 0 radical (unpaired) electrons. The Balaban J connectivity index is 1.54. The molecule has 23 heavy (non-hydrogen) atoms. The largest absolute Gasteiger partial charge is 0.376 e. The fraction of sp³-hybridized carbons (Fsp3) is 0.333. The summed E-state index contributed by atoms with van der Waals surface area (Å²) in [5, 5.41) is 0. The molecule has 1 fully saturated rings. The van der Waals surface area contributed by atoms with E-state index in [-0.39, 0.29) is 37.1 Å². The van der Waals surface area contributed by atoms with Crippen LogP contribution >= 0.6 is 0 Å². The normalized spacial score (nSPS) is 20.8. The Morgan fingerprint density at radius 3 is 1.65 bits per heavy atom. The molecule has 0 spiro atoms. The first-order valence-corrected chi connectivity index (χ1v) is 7.52. The van der Waals surface area contributed by atoms with Crippen LogP contribution in [-0.4, -0.2) is 25.4 Å². The summed E-state index contributed by atoms with van der Waals surface area (Å²) in [6.45, 7) is 1.08. The number of hydrogen-bond donors (Lipinski definition) is 0. The second kappa shape index (κ2) is 7.64. The van der Waals surface area contributed by atoms with Crippen LogP contribution in [-0.2, 0) is 27.4 Å². The summed E-state index contributed by atoms with van der Waals surface area (Å²) in [4.78, 5) is 0. The fourth-order valence-electron chi connectivity index (χ4n) is 2.45. The molecule has 1 aliphatic heterocycles. The van der Waals surface area contributed by atoms with Crippen molar-refractivity contribution in [1.29, 1.82) is 0 Å². The maximum absolute atomic E-state index is 13.6. The summed E-state index contributed by atoms with van der Waals surface area (Å²) in [5.41, 5.74) is 0.986. The molecule has 2 aromatic rings. The van der Waals surface area contributed by atoms with E-state index in [4.69, 9.17) is 14.2 Å². The molecule has 5 heteroatoms. The highest BCUT2D eigenvalue weighted by Crippen LogP contribution is 2.19. The van der Waals surface area contributed by atoms with Gasteiger partial charge in [-0.3, -0.25) is 0 Å². The molecule has 0 aliphatic carbocycles. The minimum atomic E-state index is -0.296. The van der Waals surface area contributed by atoms with Gasteiger partial charge in [0.15, 0.2) is 0 Å². The lowest BCUT2D eigenvalue weighted by Gasteiger charge is -2.19. The van der Waals surface area contributed by atoms with Gasteiger partial charge in [0.1, 0.15) is 23.8 Å². The zero-order chi connectivity index (χ0) is 16.1. The fourth-order valence-corrected chi connectivity index (χ4v) is 2.45. The monoisotopic (exact) mass is 320 g/mol. The Morgan fingerprint density at radius 2 is 1.22 bits per heavy atom. The average molecular weight is 320 g/mol. The molecule has 0 saturated carbocycles. The Hall–Kier alpha value is -1.82. The van der Waals surface area contributed by atoms with Crippen LogP contribution in [0.15, 0.2) is 48.5 Å². The van der Waals surface area contributed by atoms with Gasteiger partial charge in [-0.2, -0.15) is 0 Å². The van der Waals surface area contributed by atoms with Crippen LogP contribution in [0.2, 0.25) is 0 Å². The van der Waals surface area contributed by atoms with Crippen molar-refractivity contribution in [1.82, 2.24) is 0 Å². The molecule has 0 bridgehead atoms. The van der Waals surface area contributed by atoms with E-state index < -0.39 is 0 Å². The molecule has 0 aromatic heterocycles. The van der Waals surface area contributed by atoms with Gasteiger partial charge in [-0.05, 0) is 12.1 Å². The Bertz CT molecular complexity index is 592. The van der Waals surface area contributed by atoms with Gasteiger partial charge in [0, 0.05) is 11.1 Å². The van der Waals surface area contributed by atoms with Crippen LogP contribution in [0.4, 0.5) is 8.78 Å². The summed E-state index contributed by atoms with van der Waals surface area (Å²) < 4.78 is 44.0. The summed E-state index contributed by atoms with van der Waals surface area (Å²) >= 11 is 0. The SMILES string of the molecule is Fc1ccccc1CO[C@H]1COC[C@@H]1OCc1ccccc1F. The molecule has 0 unspecified atom stereocenters. The van der Waals surface area contributed by atoms with E-state index in [9.17, 15) is 8.78 Å². The van der Waals surface area contributed by atoms with Gasteiger partial charge in [-0.25, -0.2) is 8.78 Å². The standard InChI is InChI=1S/C18H18F2O3/c19-15-7-3-1-5-13(15)9-22-17-11-21-12-18(17)23-10-14-6-2-4-8-16(14)20/h1-8,17-18H,9-12H2/t17-,18-/m0/s1. The molecule has 0 amide bonds. The predicted molar refractivity (Wildman–Crippen MR) is 80.8 cm³/mol. The highest BCUT2D eigenvalue weighted by molar-refractivity contribution is 5.17. The van der Waals surface area contributed by atoms with Crippen molar-refractivity contribution in [3.05, 3.63) is 71.3 Å². The van der Waals surface area contributed by atoms with Crippen molar-refractivity contribution in [2.45, 2.75) is 25.4 Å². The minimum Gasteiger partial charge on any atom is -0.376 e. The molecule has 1 heterocycles. The smallest absolute Gasteiger partial charge is 0.128 e. The average Bonchev–Trinajstić information content (AvgIpc) is 3.01. The van der Waals surface area contributed by atoms with E-state index >= 15 is 0 Å². The number of benzene rings is 2. The van der Waals surface area contributed by atoms with E-state index in [1.54, 1.807) is 36.4 Å². The molecule has 2 aromatic carbocycles. The number of ether oxygens (including phenoxy) is 3. The van der Waals surface area contributed by atoms with Gasteiger partial charge in [0.2, 0.25) is 0 Å². The molecule has 122 valence electrons. The zero-order valence-electron chi connectivity index (χ0n) is 12.6. The van der Waals surface area contributed by atoms with Gasteiger partial charge in [0.05, 0.1) is 26.4 Å². The summed E-state index contributed by atoms with van der Waals surface area (Å²) in [6.07, 6.45) is -0.581. The van der Waals surface area contributed by atoms with E-state index in [1.807, 2.05) is 0 Å². The van der Waals surface area contributed by atoms with Crippen molar-refractivity contribution in [3.8, 4) is 0 Å². The maximum Gasteiger partial charge on any atom is 0.128 e. The van der Waals surface area contributed by atoms with Crippen LogP contribution in [0.3, 0.4) is 0 Å². The lowest BCUT2D eigenvalue weighted by atomic mass is 10.2. The van der Waals surface area contributed by atoms with E-state index in [2.05, 4.69) is 0 Å². The summed E-state index contributed by atoms with van der Waals surface area (Å²) in [7, 11) is 0. The third-order valence-electron chi connectivity index (χ3n) is 3.80. The number of hydrogen-bond acceptors (Lipinski definition) is 3. The topological polar surface area (TPSA) is 27.7 Å². The second-order valence-electron chi connectivity index (χ2n) is 5.42. The third-order valence-corrected chi connectivity index (χ3v) is 3.80. The second-order valence-corrected chi connectivity index (χ2v) is 5.42. The van der Waals surface area contributed by atoms with E-state index in [0.29, 0.717) is 24.3 Å². The van der Waals surface area contributed by atoms with Crippen LogP contribution in [0.1, 0.15) is 11.1 Å². The molecule has 1 aliphatic rings. The van der Waals surface area contributed by atoms with Crippen LogP contribution in [0.5, 0.6) is 0 Å². The number of halogens is 2. The van der Waals surface area contributed by atoms with Crippen molar-refractivity contribution in [3.63, 3.8) is 0 Å². The molecule has 3 rings (SSSR count). The first-order chi connectivity index (χ1) is 11.2. The van der Waals surface area contributed by atoms with Crippen molar-refractivity contribution in [2.24, 2.45) is 0 Å². The van der Waals surface area contributed by atoms with Gasteiger partial charge in [0.25, 0.3) is 0 Å². The molecular weight excluding hydrogens is 302 g/mol. The Labute approximate surface area is 133 Å². The highest BCUT2D eigenvalue weighted by Gasteiger charge is 2.30. The quantitative estimate of drug-likeness (QED) is 0.816. The van der Waals surface area contributed by atoms with Gasteiger partial charge in [-0.1, -0.05) is 36.4 Å².